The normalized spacial score (nSPS) is 12.1. The average molecular weight is 349 g/mol. The van der Waals surface area contributed by atoms with Crippen LogP contribution < -0.4 is 10.1 Å². The molecular formula is C22H27N3O. The number of aryl methyl sites for hydroxylation is 1. The molecular weight excluding hydrogens is 322 g/mol. The van der Waals surface area contributed by atoms with Gasteiger partial charge in [-0.1, -0.05) is 43.7 Å². The molecule has 0 amide bonds. The van der Waals surface area contributed by atoms with Crippen molar-refractivity contribution in [3.05, 3.63) is 78.4 Å². The second-order valence-electron chi connectivity index (χ2n) is 6.56. The topological polar surface area (TPSA) is 39.1 Å². The molecule has 136 valence electrons. The first-order valence-electron chi connectivity index (χ1n) is 9.27. The molecule has 1 heterocycles. The molecule has 1 N–H and O–H groups in total. The van der Waals surface area contributed by atoms with Gasteiger partial charge in [-0.3, -0.25) is 0 Å². The first-order valence-corrected chi connectivity index (χ1v) is 9.27. The van der Waals surface area contributed by atoms with Gasteiger partial charge in [0.1, 0.15) is 11.5 Å². The summed E-state index contributed by atoms with van der Waals surface area (Å²) in [6.07, 6.45) is 7.12. The number of nitrogens with one attached hydrogen (secondary N) is 1. The SMILES string of the molecule is CCCC(NCCc1cn(C)cn1)c1ccc(Oc2ccccc2)cc1. The summed E-state index contributed by atoms with van der Waals surface area (Å²) < 4.78 is 7.87. The van der Waals surface area contributed by atoms with Gasteiger partial charge < -0.3 is 14.6 Å². The smallest absolute Gasteiger partial charge is 0.127 e. The monoisotopic (exact) mass is 349 g/mol. The molecule has 0 aliphatic carbocycles. The maximum absolute atomic E-state index is 5.88. The molecule has 2 aromatic carbocycles. The minimum Gasteiger partial charge on any atom is -0.457 e. The zero-order valence-corrected chi connectivity index (χ0v) is 15.6. The summed E-state index contributed by atoms with van der Waals surface area (Å²) in [4.78, 5) is 4.39. The Balaban J connectivity index is 1.58. The molecule has 1 unspecified atom stereocenters. The van der Waals surface area contributed by atoms with Crippen molar-refractivity contribution in [1.29, 1.82) is 0 Å². The molecule has 0 saturated heterocycles. The van der Waals surface area contributed by atoms with Crippen molar-refractivity contribution in [3.8, 4) is 11.5 Å². The third-order valence-corrected chi connectivity index (χ3v) is 4.37. The summed E-state index contributed by atoms with van der Waals surface area (Å²) in [5.74, 6) is 1.72. The molecule has 1 atom stereocenters. The standard InChI is InChI=1S/C22H27N3O/c1-3-7-22(23-15-14-19-16-25(2)17-24-19)18-10-12-21(13-11-18)26-20-8-5-4-6-9-20/h4-6,8-13,16-17,22-23H,3,7,14-15H2,1-2H3. The number of ether oxygens (including phenoxy) is 1. The Bertz CT molecular complexity index is 781. The summed E-state index contributed by atoms with van der Waals surface area (Å²) in [6.45, 7) is 3.14. The highest BCUT2D eigenvalue weighted by atomic mass is 16.5. The second kappa shape index (κ2) is 9.20. The van der Waals surface area contributed by atoms with E-state index in [9.17, 15) is 0 Å². The number of imidazole rings is 1. The summed E-state index contributed by atoms with van der Waals surface area (Å²) in [5.41, 5.74) is 2.43. The van der Waals surface area contributed by atoms with E-state index >= 15 is 0 Å². The minimum absolute atomic E-state index is 0.356. The third kappa shape index (κ3) is 5.20. The van der Waals surface area contributed by atoms with Gasteiger partial charge in [0.15, 0.2) is 0 Å². The number of rotatable bonds is 9. The van der Waals surface area contributed by atoms with E-state index in [0.717, 1.165) is 43.0 Å². The van der Waals surface area contributed by atoms with E-state index in [2.05, 4.69) is 35.6 Å². The van der Waals surface area contributed by atoms with Crippen molar-refractivity contribution in [3.63, 3.8) is 0 Å². The van der Waals surface area contributed by atoms with Crippen molar-refractivity contribution in [2.75, 3.05) is 6.54 Å². The van der Waals surface area contributed by atoms with Gasteiger partial charge in [-0.05, 0) is 36.2 Å². The fourth-order valence-corrected chi connectivity index (χ4v) is 3.04. The molecule has 0 spiro atoms. The van der Waals surface area contributed by atoms with Gasteiger partial charge >= 0.3 is 0 Å². The molecule has 0 saturated carbocycles. The van der Waals surface area contributed by atoms with E-state index in [-0.39, 0.29) is 0 Å². The maximum Gasteiger partial charge on any atom is 0.127 e. The van der Waals surface area contributed by atoms with E-state index in [1.165, 1.54) is 5.56 Å². The molecule has 26 heavy (non-hydrogen) atoms. The largest absolute Gasteiger partial charge is 0.457 e. The summed E-state index contributed by atoms with van der Waals surface area (Å²) >= 11 is 0. The van der Waals surface area contributed by atoms with Crippen LogP contribution in [0.2, 0.25) is 0 Å². The van der Waals surface area contributed by atoms with Gasteiger partial charge in [0.25, 0.3) is 0 Å². The Kier molecular flexibility index (Phi) is 6.45. The Hall–Kier alpha value is -2.59. The number of benzene rings is 2. The van der Waals surface area contributed by atoms with E-state index in [4.69, 9.17) is 4.74 Å². The molecule has 4 heteroatoms. The van der Waals surface area contributed by atoms with Crippen LogP contribution in [0.5, 0.6) is 11.5 Å². The van der Waals surface area contributed by atoms with Gasteiger partial charge in [0, 0.05) is 32.3 Å². The zero-order valence-electron chi connectivity index (χ0n) is 15.6. The van der Waals surface area contributed by atoms with Crippen LogP contribution in [0.15, 0.2) is 67.1 Å². The van der Waals surface area contributed by atoms with Crippen molar-refractivity contribution >= 4 is 0 Å². The number of hydrogen-bond acceptors (Lipinski definition) is 3. The lowest BCUT2D eigenvalue weighted by Gasteiger charge is -2.19. The predicted molar refractivity (Wildman–Crippen MR) is 106 cm³/mol. The number of nitrogens with zero attached hydrogens (tertiary/aromatic N) is 2. The molecule has 0 fully saturated rings. The fourth-order valence-electron chi connectivity index (χ4n) is 3.04. The van der Waals surface area contributed by atoms with Gasteiger partial charge in [-0.15, -0.1) is 0 Å². The van der Waals surface area contributed by atoms with Gasteiger partial charge in [0.05, 0.1) is 12.0 Å². The van der Waals surface area contributed by atoms with Crippen LogP contribution in [0.1, 0.15) is 37.1 Å². The van der Waals surface area contributed by atoms with Crippen LogP contribution in [0.25, 0.3) is 0 Å². The lowest BCUT2D eigenvalue weighted by atomic mass is 10.0. The molecule has 4 nitrogen and oxygen atoms in total. The van der Waals surface area contributed by atoms with E-state index < -0.39 is 0 Å². The Morgan fingerprint density at radius 1 is 1.04 bits per heavy atom. The van der Waals surface area contributed by atoms with Crippen molar-refractivity contribution in [2.24, 2.45) is 7.05 Å². The quantitative estimate of drug-likeness (QED) is 0.598. The van der Waals surface area contributed by atoms with Crippen LogP contribution >= 0.6 is 0 Å². The first kappa shape index (κ1) is 18.2. The van der Waals surface area contributed by atoms with E-state index in [1.54, 1.807) is 0 Å². The van der Waals surface area contributed by atoms with Crippen LogP contribution in [0.4, 0.5) is 0 Å². The van der Waals surface area contributed by atoms with Crippen LogP contribution in [-0.4, -0.2) is 16.1 Å². The molecule has 0 aliphatic rings. The highest BCUT2D eigenvalue weighted by Crippen LogP contribution is 2.25. The lowest BCUT2D eigenvalue weighted by molar-refractivity contribution is 0.478. The molecule has 1 aromatic heterocycles. The fraction of sp³-hybridized carbons (Fsp3) is 0.318. The van der Waals surface area contributed by atoms with Gasteiger partial charge in [0.2, 0.25) is 0 Å². The van der Waals surface area contributed by atoms with Crippen molar-refractivity contribution in [1.82, 2.24) is 14.9 Å². The Morgan fingerprint density at radius 2 is 1.77 bits per heavy atom. The highest BCUT2D eigenvalue weighted by Gasteiger charge is 2.10. The summed E-state index contributed by atoms with van der Waals surface area (Å²) in [6, 6.07) is 18.6. The van der Waals surface area contributed by atoms with Crippen molar-refractivity contribution < 1.29 is 4.74 Å². The number of para-hydroxylation sites is 1. The van der Waals surface area contributed by atoms with Crippen LogP contribution in [-0.2, 0) is 13.5 Å². The number of hydrogen-bond donors (Lipinski definition) is 1. The average Bonchev–Trinajstić information content (AvgIpc) is 3.08. The zero-order chi connectivity index (χ0) is 18.2. The molecule has 0 bridgehead atoms. The van der Waals surface area contributed by atoms with E-state index in [0.29, 0.717) is 6.04 Å². The van der Waals surface area contributed by atoms with Crippen LogP contribution in [0.3, 0.4) is 0 Å². The minimum atomic E-state index is 0.356. The second-order valence-corrected chi connectivity index (χ2v) is 6.56. The molecule has 3 rings (SSSR count). The molecule has 0 radical (unpaired) electrons. The first-order chi connectivity index (χ1) is 12.7. The molecule has 0 aliphatic heterocycles. The summed E-state index contributed by atoms with van der Waals surface area (Å²) in [5, 5.41) is 3.67. The number of aromatic nitrogens is 2. The predicted octanol–water partition coefficient (Wildman–Crippen LogP) is 4.89. The van der Waals surface area contributed by atoms with Gasteiger partial charge in [-0.2, -0.15) is 0 Å². The van der Waals surface area contributed by atoms with Crippen molar-refractivity contribution in [2.45, 2.75) is 32.2 Å². The van der Waals surface area contributed by atoms with Crippen LogP contribution in [0, 0.1) is 0 Å². The summed E-state index contributed by atoms with van der Waals surface area (Å²) in [7, 11) is 2.00. The lowest BCUT2D eigenvalue weighted by Crippen LogP contribution is -2.23. The highest BCUT2D eigenvalue weighted by molar-refractivity contribution is 5.34. The van der Waals surface area contributed by atoms with E-state index in [1.807, 2.05) is 60.4 Å². The Morgan fingerprint density at radius 3 is 2.42 bits per heavy atom. The molecule has 3 aromatic rings. The Labute approximate surface area is 155 Å². The van der Waals surface area contributed by atoms with Gasteiger partial charge in [-0.25, -0.2) is 4.98 Å². The third-order valence-electron chi connectivity index (χ3n) is 4.37. The maximum atomic E-state index is 5.88.